The van der Waals surface area contributed by atoms with E-state index in [-0.39, 0.29) is 24.2 Å². The van der Waals surface area contributed by atoms with Gasteiger partial charge in [0.15, 0.2) is 5.82 Å². The van der Waals surface area contributed by atoms with Crippen LogP contribution in [0.4, 0.5) is 5.82 Å². The van der Waals surface area contributed by atoms with Crippen molar-refractivity contribution >= 4 is 17.6 Å². The Morgan fingerprint density at radius 3 is 2.61 bits per heavy atom. The fraction of sp³-hybridized carbons (Fsp3) is 0.320. The second-order valence-electron chi connectivity index (χ2n) is 8.32. The van der Waals surface area contributed by atoms with Gasteiger partial charge in [-0.15, -0.1) is 5.10 Å². The van der Waals surface area contributed by atoms with Gasteiger partial charge in [0, 0.05) is 24.6 Å². The maximum Gasteiger partial charge on any atom is 0.230 e. The Morgan fingerprint density at radius 2 is 1.94 bits per heavy atom. The number of benzene rings is 2. The first-order valence-electron chi connectivity index (χ1n) is 10.8. The Labute approximate surface area is 182 Å². The molecule has 2 heterocycles. The van der Waals surface area contributed by atoms with E-state index < -0.39 is 0 Å². The van der Waals surface area contributed by atoms with Crippen molar-refractivity contribution in [1.29, 1.82) is 0 Å². The fourth-order valence-electron chi connectivity index (χ4n) is 4.11. The summed E-state index contributed by atoms with van der Waals surface area (Å²) >= 11 is 0. The van der Waals surface area contributed by atoms with Gasteiger partial charge in [-0.3, -0.25) is 9.59 Å². The molecule has 1 atom stereocenters. The number of nitrogens with zero attached hydrogens (tertiary/aromatic N) is 2. The summed E-state index contributed by atoms with van der Waals surface area (Å²) in [5, 5.41) is 10.3. The van der Waals surface area contributed by atoms with Crippen LogP contribution < -0.4 is 10.6 Å². The summed E-state index contributed by atoms with van der Waals surface area (Å²) in [5.41, 5.74) is 6.49. The Hall–Kier alpha value is -3.41. The van der Waals surface area contributed by atoms with E-state index in [9.17, 15) is 9.59 Å². The molecule has 1 aromatic heterocycles. The molecule has 1 aliphatic rings. The second-order valence-corrected chi connectivity index (χ2v) is 8.32. The van der Waals surface area contributed by atoms with Gasteiger partial charge in [-0.05, 0) is 55.2 Å². The van der Waals surface area contributed by atoms with Crippen molar-refractivity contribution in [2.75, 3.05) is 11.9 Å². The normalized spacial score (nSPS) is 15.7. The highest BCUT2D eigenvalue weighted by molar-refractivity contribution is 5.97. The summed E-state index contributed by atoms with van der Waals surface area (Å²) in [5.74, 6) is -0.154. The first kappa shape index (κ1) is 20.8. The molecule has 0 aliphatic carbocycles. The lowest BCUT2D eigenvalue weighted by atomic mass is 10.0. The molecule has 0 radical (unpaired) electrons. The molecule has 1 aliphatic heterocycles. The number of aromatic nitrogens is 2. The Kier molecular flexibility index (Phi) is 5.89. The quantitative estimate of drug-likeness (QED) is 0.633. The van der Waals surface area contributed by atoms with E-state index in [0.29, 0.717) is 12.4 Å². The van der Waals surface area contributed by atoms with Crippen LogP contribution in [-0.4, -0.2) is 28.1 Å². The molecular formula is C25H28N4O2. The zero-order chi connectivity index (χ0) is 22.0. The molecule has 2 aromatic carbocycles. The number of nitrogens with one attached hydrogen (secondary N) is 2. The van der Waals surface area contributed by atoms with Crippen molar-refractivity contribution in [1.82, 2.24) is 15.1 Å². The fourth-order valence-corrected chi connectivity index (χ4v) is 4.11. The van der Waals surface area contributed by atoms with Crippen LogP contribution in [-0.2, 0) is 16.0 Å². The molecule has 6 nitrogen and oxygen atoms in total. The first-order valence-corrected chi connectivity index (χ1v) is 10.8. The lowest BCUT2D eigenvalue weighted by molar-refractivity contribution is -0.123. The number of anilines is 1. The van der Waals surface area contributed by atoms with Crippen LogP contribution in [0.25, 0.3) is 16.9 Å². The standard InChI is InChI=1S/C25H28N4O2/c1-4-6-18-7-5-8-19(12-18)22-14-23(27-25(31)20-13-24(30)26-15-20)28-29(22)21-10-16(2)9-17(3)11-21/h5,7-12,14,20H,4,6,13,15H2,1-3H3,(H,26,30)(H,27,28,31)/t20-/m0/s1. The summed E-state index contributed by atoms with van der Waals surface area (Å²) in [6.45, 7) is 6.67. The number of hydrogen-bond donors (Lipinski definition) is 2. The average molecular weight is 417 g/mol. The molecule has 6 heteroatoms. The Balaban J connectivity index is 1.74. The zero-order valence-electron chi connectivity index (χ0n) is 18.2. The minimum absolute atomic E-state index is 0.0886. The predicted molar refractivity (Wildman–Crippen MR) is 122 cm³/mol. The molecule has 1 saturated heterocycles. The third kappa shape index (κ3) is 4.68. The predicted octanol–water partition coefficient (Wildman–Crippen LogP) is 4.18. The van der Waals surface area contributed by atoms with Gasteiger partial charge in [-0.2, -0.15) is 0 Å². The van der Waals surface area contributed by atoms with Crippen LogP contribution in [0.15, 0.2) is 48.5 Å². The Morgan fingerprint density at radius 1 is 1.16 bits per heavy atom. The molecule has 31 heavy (non-hydrogen) atoms. The third-order valence-corrected chi connectivity index (χ3v) is 5.52. The van der Waals surface area contributed by atoms with E-state index >= 15 is 0 Å². The number of carbonyl (C=O) groups excluding carboxylic acids is 2. The van der Waals surface area contributed by atoms with E-state index in [1.807, 2.05) is 10.7 Å². The van der Waals surface area contributed by atoms with Gasteiger partial charge < -0.3 is 10.6 Å². The van der Waals surface area contributed by atoms with Gasteiger partial charge in [-0.1, -0.05) is 37.6 Å². The lowest BCUT2D eigenvalue weighted by Gasteiger charge is -2.11. The third-order valence-electron chi connectivity index (χ3n) is 5.52. The maximum absolute atomic E-state index is 12.6. The lowest BCUT2D eigenvalue weighted by Crippen LogP contribution is -2.24. The molecule has 2 amide bonds. The second kappa shape index (κ2) is 8.76. The van der Waals surface area contributed by atoms with E-state index in [1.54, 1.807) is 0 Å². The van der Waals surface area contributed by atoms with Crippen molar-refractivity contribution in [2.24, 2.45) is 5.92 Å². The number of amides is 2. The van der Waals surface area contributed by atoms with E-state index in [1.165, 1.54) is 5.56 Å². The summed E-state index contributed by atoms with van der Waals surface area (Å²) in [6.07, 6.45) is 2.31. The molecule has 2 N–H and O–H groups in total. The van der Waals surface area contributed by atoms with E-state index in [2.05, 4.69) is 73.9 Å². The van der Waals surface area contributed by atoms with Gasteiger partial charge in [-0.25, -0.2) is 4.68 Å². The SMILES string of the molecule is CCCc1cccc(-c2cc(NC(=O)[C@@H]3CNC(=O)C3)nn2-c2cc(C)cc(C)c2)c1. The van der Waals surface area contributed by atoms with Crippen molar-refractivity contribution in [3.05, 3.63) is 65.2 Å². The van der Waals surface area contributed by atoms with Crippen molar-refractivity contribution in [2.45, 2.75) is 40.0 Å². The van der Waals surface area contributed by atoms with Crippen LogP contribution in [0, 0.1) is 19.8 Å². The number of carbonyl (C=O) groups is 2. The molecule has 0 unspecified atom stereocenters. The minimum atomic E-state index is -0.366. The largest absolute Gasteiger partial charge is 0.355 e. The number of aryl methyl sites for hydroxylation is 3. The van der Waals surface area contributed by atoms with Gasteiger partial charge in [0.25, 0.3) is 0 Å². The smallest absolute Gasteiger partial charge is 0.230 e. The first-order chi connectivity index (χ1) is 14.9. The monoisotopic (exact) mass is 416 g/mol. The molecule has 160 valence electrons. The average Bonchev–Trinajstić information content (AvgIpc) is 3.34. The van der Waals surface area contributed by atoms with Crippen molar-refractivity contribution in [3.63, 3.8) is 0 Å². The highest BCUT2D eigenvalue weighted by Crippen LogP contribution is 2.28. The summed E-state index contributed by atoms with van der Waals surface area (Å²) in [7, 11) is 0. The summed E-state index contributed by atoms with van der Waals surface area (Å²) in [4.78, 5) is 24.1. The van der Waals surface area contributed by atoms with Gasteiger partial charge in [0.1, 0.15) is 0 Å². The van der Waals surface area contributed by atoms with Crippen LogP contribution in [0.3, 0.4) is 0 Å². The topological polar surface area (TPSA) is 76.0 Å². The Bertz CT molecular complexity index is 1110. The summed E-state index contributed by atoms with van der Waals surface area (Å²) in [6, 6.07) is 16.7. The highest BCUT2D eigenvalue weighted by Gasteiger charge is 2.28. The van der Waals surface area contributed by atoms with Crippen LogP contribution >= 0.6 is 0 Å². The molecule has 0 bridgehead atoms. The van der Waals surface area contributed by atoms with E-state index in [4.69, 9.17) is 5.10 Å². The van der Waals surface area contributed by atoms with Gasteiger partial charge >= 0.3 is 0 Å². The molecule has 4 rings (SSSR count). The molecular weight excluding hydrogens is 388 g/mol. The maximum atomic E-state index is 12.6. The number of hydrogen-bond acceptors (Lipinski definition) is 3. The minimum Gasteiger partial charge on any atom is -0.355 e. The van der Waals surface area contributed by atoms with Crippen LogP contribution in [0.2, 0.25) is 0 Å². The summed E-state index contributed by atoms with van der Waals surface area (Å²) < 4.78 is 1.89. The molecule has 0 spiro atoms. The van der Waals surface area contributed by atoms with Gasteiger partial charge in [0.05, 0.1) is 17.3 Å². The van der Waals surface area contributed by atoms with Crippen molar-refractivity contribution in [3.8, 4) is 16.9 Å². The van der Waals surface area contributed by atoms with Crippen LogP contribution in [0.5, 0.6) is 0 Å². The highest BCUT2D eigenvalue weighted by atomic mass is 16.2. The molecule has 1 fully saturated rings. The van der Waals surface area contributed by atoms with Gasteiger partial charge in [0.2, 0.25) is 11.8 Å². The molecule has 0 saturated carbocycles. The zero-order valence-corrected chi connectivity index (χ0v) is 18.2. The van der Waals surface area contributed by atoms with Crippen LogP contribution in [0.1, 0.15) is 36.5 Å². The van der Waals surface area contributed by atoms with E-state index in [0.717, 1.165) is 40.9 Å². The number of rotatable bonds is 6. The molecule has 3 aromatic rings. The van der Waals surface area contributed by atoms with Crippen molar-refractivity contribution < 1.29 is 9.59 Å².